The fraction of sp³-hybridized carbons (Fsp3) is 0.111. The van der Waals surface area contributed by atoms with Crippen molar-refractivity contribution in [1.82, 2.24) is 3.53 Å². The Kier molecular flexibility index (Phi) is 3.25. The molecule has 1 rings (SSSR count). The molecule has 4 heteroatoms. The average molecular weight is 286 g/mol. The average Bonchev–Trinajstić information content (AvgIpc) is 2.16. The molecule has 0 atom stereocenters. The van der Waals surface area contributed by atoms with Crippen molar-refractivity contribution in [2.24, 2.45) is 0 Å². The van der Waals surface area contributed by atoms with E-state index in [2.05, 4.69) is 3.53 Å². The molecule has 1 amide bonds. The zero-order valence-corrected chi connectivity index (χ0v) is 9.12. The van der Waals surface area contributed by atoms with Gasteiger partial charge in [-0.1, -0.05) is 12.1 Å². The van der Waals surface area contributed by atoms with Gasteiger partial charge < -0.3 is 0 Å². The van der Waals surface area contributed by atoms with Gasteiger partial charge in [-0.3, -0.25) is 8.32 Å². The second kappa shape index (κ2) is 4.23. The molecule has 0 aliphatic rings. The maximum Gasteiger partial charge on any atom is 0.261 e. The predicted octanol–water partition coefficient (Wildman–Crippen LogP) is 1.95. The molecule has 1 N–H and O–H groups in total. The lowest BCUT2D eigenvalue weighted by molar-refractivity contribution is 0.0989. The molecule has 1 aromatic rings. The van der Waals surface area contributed by atoms with Gasteiger partial charge in [0, 0.05) is 0 Å². The van der Waals surface area contributed by atoms with Gasteiger partial charge in [0.2, 0.25) is 0 Å². The third-order valence-corrected chi connectivity index (χ3v) is 2.20. The SMILES string of the molecule is Cc1cccc(C#N)c1C(=O)NI. The van der Waals surface area contributed by atoms with Crippen LogP contribution in [0.5, 0.6) is 0 Å². The Labute approximate surface area is 90.2 Å². The number of carbonyl (C=O) groups excluding carboxylic acids is 1. The van der Waals surface area contributed by atoms with E-state index >= 15 is 0 Å². The van der Waals surface area contributed by atoms with Crippen LogP contribution in [0.1, 0.15) is 21.5 Å². The first-order valence-corrected chi connectivity index (χ1v) is 4.69. The van der Waals surface area contributed by atoms with Crippen molar-refractivity contribution < 1.29 is 4.79 Å². The quantitative estimate of drug-likeness (QED) is 0.633. The summed E-state index contributed by atoms with van der Waals surface area (Å²) in [7, 11) is 0. The van der Waals surface area contributed by atoms with E-state index in [4.69, 9.17) is 5.26 Å². The Morgan fingerprint density at radius 1 is 1.62 bits per heavy atom. The van der Waals surface area contributed by atoms with E-state index in [1.54, 1.807) is 35.0 Å². The number of benzene rings is 1. The van der Waals surface area contributed by atoms with Crippen LogP contribution in [0.2, 0.25) is 0 Å². The second-order valence-corrected chi connectivity index (χ2v) is 3.07. The maximum absolute atomic E-state index is 11.3. The minimum absolute atomic E-state index is 0.227. The number of amides is 1. The number of aryl methyl sites for hydroxylation is 1. The van der Waals surface area contributed by atoms with Crippen LogP contribution in [0.25, 0.3) is 0 Å². The number of nitriles is 1. The van der Waals surface area contributed by atoms with E-state index in [-0.39, 0.29) is 5.91 Å². The van der Waals surface area contributed by atoms with Crippen LogP contribution in [0.4, 0.5) is 0 Å². The molecule has 0 radical (unpaired) electrons. The summed E-state index contributed by atoms with van der Waals surface area (Å²) in [4.78, 5) is 11.3. The number of halogens is 1. The standard InChI is InChI=1S/C9H7IN2O/c1-6-3-2-4-7(5-11)8(6)9(13)12-10/h2-4H,1H3,(H,12,13). The molecule has 0 unspecified atom stereocenters. The molecule has 66 valence electrons. The highest BCUT2D eigenvalue weighted by Gasteiger charge is 2.12. The highest BCUT2D eigenvalue weighted by molar-refractivity contribution is 14.1. The van der Waals surface area contributed by atoms with Crippen molar-refractivity contribution in [3.8, 4) is 6.07 Å². The third-order valence-electron chi connectivity index (χ3n) is 1.71. The van der Waals surface area contributed by atoms with Crippen molar-refractivity contribution in [1.29, 1.82) is 5.26 Å². The zero-order valence-electron chi connectivity index (χ0n) is 6.97. The third kappa shape index (κ3) is 1.98. The summed E-state index contributed by atoms with van der Waals surface area (Å²) in [6, 6.07) is 7.19. The second-order valence-electron chi connectivity index (χ2n) is 2.53. The molecule has 0 saturated carbocycles. The molecular formula is C9H7IN2O. The van der Waals surface area contributed by atoms with Crippen LogP contribution in [0, 0.1) is 18.3 Å². The van der Waals surface area contributed by atoms with Crippen molar-refractivity contribution in [2.75, 3.05) is 0 Å². The van der Waals surface area contributed by atoms with E-state index in [0.29, 0.717) is 11.1 Å². The predicted molar refractivity (Wildman–Crippen MR) is 57.4 cm³/mol. The minimum atomic E-state index is -0.227. The number of nitrogens with zero attached hydrogens (tertiary/aromatic N) is 1. The maximum atomic E-state index is 11.3. The van der Waals surface area contributed by atoms with Gasteiger partial charge in [0.1, 0.15) is 0 Å². The molecule has 0 fully saturated rings. The summed E-state index contributed by atoms with van der Waals surface area (Å²) >= 11 is 1.76. The van der Waals surface area contributed by atoms with Crippen molar-refractivity contribution in [3.63, 3.8) is 0 Å². The summed E-state index contributed by atoms with van der Waals surface area (Å²) < 4.78 is 2.48. The van der Waals surface area contributed by atoms with E-state index in [0.717, 1.165) is 5.56 Å². The number of hydrogen-bond acceptors (Lipinski definition) is 2. The first-order valence-electron chi connectivity index (χ1n) is 3.61. The summed E-state index contributed by atoms with van der Waals surface area (Å²) in [6.45, 7) is 1.81. The number of rotatable bonds is 1. The molecule has 1 aromatic carbocycles. The molecule has 0 spiro atoms. The van der Waals surface area contributed by atoms with Gasteiger partial charge in [-0.2, -0.15) is 5.26 Å². The Morgan fingerprint density at radius 2 is 2.31 bits per heavy atom. The Balaban J connectivity index is 3.33. The molecule has 3 nitrogen and oxygen atoms in total. The lowest BCUT2D eigenvalue weighted by Crippen LogP contribution is -2.15. The van der Waals surface area contributed by atoms with Crippen molar-refractivity contribution in [3.05, 3.63) is 34.9 Å². The van der Waals surface area contributed by atoms with E-state index in [1.165, 1.54) is 0 Å². The Morgan fingerprint density at radius 3 is 2.85 bits per heavy atom. The van der Waals surface area contributed by atoms with Gasteiger partial charge in [-0.25, -0.2) is 0 Å². The molecule has 0 saturated heterocycles. The molecule has 0 aromatic heterocycles. The van der Waals surface area contributed by atoms with Gasteiger partial charge in [-0.15, -0.1) is 0 Å². The highest BCUT2D eigenvalue weighted by Crippen LogP contribution is 2.13. The summed E-state index contributed by atoms with van der Waals surface area (Å²) in [5, 5.41) is 8.75. The van der Waals surface area contributed by atoms with Gasteiger partial charge >= 0.3 is 0 Å². The Hall–Kier alpha value is -1.09. The molecule has 0 bridgehead atoms. The highest BCUT2D eigenvalue weighted by atomic mass is 127. The lowest BCUT2D eigenvalue weighted by Gasteiger charge is -2.04. The van der Waals surface area contributed by atoms with Crippen LogP contribution in [0.15, 0.2) is 18.2 Å². The molecule has 0 heterocycles. The lowest BCUT2D eigenvalue weighted by atomic mass is 10.0. The largest absolute Gasteiger partial charge is 0.295 e. The van der Waals surface area contributed by atoms with Gasteiger partial charge in [-0.05, 0) is 18.6 Å². The fourth-order valence-electron chi connectivity index (χ4n) is 1.11. The zero-order chi connectivity index (χ0) is 9.84. The number of nitrogens with one attached hydrogen (secondary N) is 1. The topological polar surface area (TPSA) is 52.9 Å². The van der Waals surface area contributed by atoms with Crippen molar-refractivity contribution in [2.45, 2.75) is 6.92 Å². The molecule has 0 aliphatic heterocycles. The van der Waals surface area contributed by atoms with Gasteiger partial charge in [0.05, 0.1) is 40.1 Å². The fourth-order valence-corrected chi connectivity index (χ4v) is 1.38. The van der Waals surface area contributed by atoms with Crippen LogP contribution >= 0.6 is 22.9 Å². The van der Waals surface area contributed by atoms with E-state index in [1.807, 2.05) is 19.1 Å². The van der Waals surface area contributed by atoms with Crippen LogP contribution in [-0.4, -0.2) is 5.91 Å². The minimum Gasteiger partial charge on any atom is -0.295 e. The van der Waals surface area contributed by atoms with Crippen molar-refractivity contribution >= 4 is 28.8 Å². The van der Waals surface area contributed by atoms with Crippen LogP contribution in [-0.2, 0) is 0 Å². The van der Waals surface area contributed by atoms with E-state index < -0.39 is 0 Å². The molecule has 0 aliphatic carbocycles. The first kappa shape index (κ1) is 9.99. The van der Waals surface area contributed by atoms with Gasteiger partial charge in [0.25, 0.3) is 5.91 Å². The molecule has 13 heavy (non-hydrogen) atoms. The number of carbonyl (C=O) groups is 1. The summed E-state index contributed by atoms with van der Waals surface area (Å²) in [5.74, 6) is -0.227. The molecular weight excluding hydrogens is 279 g/mol. The van der Waals surface area contributed by atoms with Crippen LogP contribution < -0.4 is 3.53 Å². The van der Waals surface area contributed by atoms with Gasteiger partial charge in [0.15, 0.2) is 0 Å². The number of hydrogen-bond donors (Lipinski definition) is 1. The van der Waals surface area contributed by atoms with Crippen LogP contribution in [0.3, 0.4) is 0 Å². The summed E-state index contributed by atoms with van der Waals surface area (Å²) in [6.07, 6.45) is 0. The normalized spacial score (nSPS) is 9.00. The summed E-state index contributed by atoms with van der Waals surface area (Å²) in [5.41, 5.74) is 1.68. The van der Waals surface area contributed by atoms with E-state index in [9.17, 15) is 4.79 Å². The Bertz CT molecular complexity index is 382. The first-order chi connectivity index (χ1) is 6.20. The monoisotopic (exact) mass is 286 g/mol. The smallest absolute Gasteiger partial charge is 0.261 e.